The van der Waals surface area contributed by atoms with Gasteiger partial charge in [-0.2, -0.15) is 18.4 Å². The number of carbonyl (C=O) groups is 3. The van der Waals surface area contributed by atoms with E-state index in [9.17, 15) is 27.6 Å². The highest BCUT2D eigenvalue weighted by atomic mass is 35.5. The van der Waals surface area contributed by atoms with Crippen molar-refractivity contribution in [1.29, 1.82) is 5.26 Å². The maximum atomic E-state index is 13.6. The first-order chi connectivity index (χ1) is 20.6. The summed E-state index contributed by atoms with van der Waals surface area (Å²) < 4.78 is 42.6. The minimum absolute atomic E-state index is 0.197. The number of alkyl halides is 3. The molecule has 3 amide bonds. The molecule has 2 heterocycles. The molecule has 3 aromatic rings. The van der Waals surface area contributed by atoms with Crippen LogP contribution in [0.1, 0.15) is 68.9 Å². The molecule has 9 nitrogen and oxygen atoms in total. The number of nitrogens with one attached hydrogen (secondary N) is 1. The van der Waals surface area contributed by atoms with Crippen LogP contribution in [0, 0.1) is 16.7 Å². The Morgan fingerprint density at radius 1 is 1.16 bits per heavy atom. The van der Waals surface area contributed by atoms with Crippen molar-refractivity contribution in [2.45, 2.75) is 71.8 Å². The Morgan fingerprint density at radius 3 is 2.45 bits per heavy atom. The van der Waals surface area contributed by atoms with Gasteiger partial charge in [-0.25, -0.2) is 4.98 Å². The highest BCUT2D eigenvalue weighted by Crippen LogP contribution is 2.33. The van der Waals surface area contributed by atoms with Crippen molar-refractivity contribution in [3.05, 3.63) is 58.6 Å². The summed E-state index contributed by atoms with van der Waals surface area (Å²) in [5.41, 5.74) is 1.14. The van der Waals surface area contributed by atoms with Crippen molar-refractivity contribution in [3.8, 4) is 6.07 Å². The van der Waals surface area contributed by atoms with E-state index in [1.807, 2.05) is 10.6 Å². The Bertz CT molecular complexity index is 1590. The zero-order valence-corrected chi connectivity index (χ0v) is 25.7. The molecule has 0 saturated carbocycles. The molecule has 1 aliphatic rings. The van der Waals surface area contributed by atoms with Crippen LogP contribution in [0.3, 0.4) is 0 Å². The molecular formula is C31H34ClF3N6O3. The second-order valence-corrected chi connectivity index (χ2v) is 12.5. The van der Waals surface area contributed by atoms with Gasteiger partial charge in [-0.15, -0.1) is 0 Å². The third-order valence-electron chi connectivity index (χ3n) is 8.01. The topological polar surface area (TPSA) is 111 Å². The molecule has 1 N–H and O–H groups in total. The number of piperidine rings is 1. The molecule has 1 aliphatic heterocycles. The van der Waals surface area contributed by atoms with Gasteiger partial charge in [0.15, 0.2) is 0 Å². The molecular weight excluding hydrogens is 597 g/mol. The minimum atomic E-state index is -5.04. The average Bonchev–Trinajstić information content (AvgIpc) is 3.31. The summed E-state index contributed by atoms with van der Waals surface area (Å²) in [6.07, 6.45) is -3.98. The first-order valence-electron chi connectivity index (χ1n) is 14.2. The van der Waals surface area contributed by atoms with Crippen molar-refractivity contribution in [2.75, 3.05) is 18.4 Å². The number of rotatable bonds is 7. The Labute approximate surface area is 258 Å². The number of halogens is 4. The fourth-order valence-electron chi connectivity index (χ4n) is 5.26. The number of nitrogens with zero attached hydrogens (tertiary/aromatic N) is 5. The Hall–Kier alpha value is -4.11. The van der Waals surface area contributed by atoms with Crippen LogP contribution in [-0.2, 0) is 16.1 Å². The molecule has 0 spiro atoms. The summed E-state index contributed by atoms with van der Waals surface area (Å²) in [6, 6.07) is 12.1. The molecule has 1 fully saturated rings. The van der Waals surface area contributed by atoms with Gasteiger partial charge in [0.05, 0.1) is 23.1 Å². The molecule has 2 aromatic carbocycles. The van der Waals surface area contributed by atoms with Gasteiger partial charge < -0.3 is 14.4 Å². The van der Waals surface area contributed by atoms with Crippen molar-refractivity contribution in [3.63, 3.8) is 0 Å². The monoisotopic (exact) mass is 630 g/mol. The summed E-state index contributed by atoms with van der Waals surface area (Å²) in [6.45, 7) is 7.37. The van der Waals surface area contributed by atoms with E-state index in [1.54, 1.807) is 75.1 Å². The Morgan fingerprint density at radius 2 is 1.84 bits per heavy atom. The van der Waals surface area contributed by atoms with Crippen molar-refractivity contribution < 1.29 is 27.6 Å². The summed E-state index contributed by atoms with van der Waals surface area (Å²) in [7, 11) is 0. The van der Waals surface area contributed by atoms with Crippen molar-refractivity contribution >= 4 is 46.3 Å². The third-order valence-corrected chi connectivity index (χ3v) is 8.26. The fraction of sp³-hybridized carbons (Fsp3) is 0.452. The number of fused-ring (bicyclic) bond motifs is 1. The molecule has 1 saturated heterocycles. The van der Waals surface area contributed by atoms with Crippen LogP contribution in [-0.4, -0.2) is 62.4 Å². The SMILES string of the molecule is CC(N(Cc1ccc2c(c1)nc(NC(=O)c1ccc(Cl)cc1)n2C1CCCN(C(=O)CC#N)C1)C(=O)C(F)(F)F)C(C)(C)C. The standard InChI is InChI=1S/C31H34ClF3N6O3/c1-19(30(2,3)4)40(28(44)31(33,34)35)17-20-7-12-25-24(16-20)37-29(38-27(43)21-8-10-22(32)11-9-21)41(25)23-6-5-15-39(18-23)26(42)13-14-36/h7-12,16,19,23H,5-6,13,15,17-18H2,1-4H3,(H,37,38,43). The predicted molar refractivity (Wildman–Crippen MR) is 160 cm³/mol. The second-order valence-electron chi connectivity index (χ2n) is 12.0. The Balaban J connectivity index is 1.75. The smallest absolute Gasteiger partial charge is 0.340 e. The highest BCUT2D eigenvalue weighted by Gasteiger charge is 2.45. The van der Waals surface area contributed by atoms with E-state index in [0.29, 0.717) is 46.6 Å². The lowest BCUT2D eigenvalue weighted by molar-refractivity contribution is -0.190. The fourth-order valence-corrected chi connectivity index (χ4v) is 5.38. The number of aromatic nitrogens is 2. The van der Waals surface area contributed by atoms with Crippen LogP contribution in [0.5, 0.6) is 0 Å². The molecule has 1 aromatic heterocycles. The van der Waals surface area contributed by atoms with Crippen LogP contribution in [0.2, 0.25) is 5.02 Å². The molecule has 2 atom stereocenters. The lowest BCUT2D eigenvalue weighted by Crippen LogP contribution is -2.50. The molecule has 13 heteroatoms. The van der Waals surface area contributed by atoms with Gasteiger partial charge in [0.1, 0.15) is 6.42 Å². The lowest BCUT2D eigenvalue weighted by atomic mass is 9.86. The van der Waals surface area contributed by atoms with Gasteiger partial charge in [-0.05, 0) is 67.1 Å². The van der Waals surface area contributed by atoms with Crippen molar-refractivity contribution in [1.82, 2.24) is 19.4 Å². The van der Waals surface area contributed by atoms with Crippen LogP contribution < -0.4 is 5.32 Å². The minimum Gasteiger partial charge on any atom is -0.340 e. The van der Waals surface area contributed by atoms with Crippen LogP contribution in [0.4, 0.5) is 19.1 Å². The maximum absolute atomic E-state index is 13.6. The highest BCUT2D eigenvalue weighted by molar-refractivity contribution is 6.30. The van der Waals surface area contributed by atoms with E-state index in [4.69, 9.17) is 16.9 Å². The number of anilines is 1. The number of amides is 3. The maximum Gasteiger partial charge on any atom is 0.471 e. The van der Waals surface area contributed by atoms with Crippen LogP contribution in [0.25, 0.3) is 11.0 Å². The van der Waals surface area contributed by atoms with E-state index in [-0.39, 0.29) is 37.4 Å². The third kappa shape index (κ3) is 7.33. The first kappa shape index (κ1) is 32.8. The first-order valence-corrected chi connectivity index (χ1v) is 14.6. The van der Waals surface area contributed by atoms with Crippen LogP contribution in [0.15, 0.2) is 42.5 Å². The predicted octanol–water partition coefficient (Wildman–Crippen LogP) is 6.34. The van der Waals surface area contributed by atoms with E-state index in [2.05, 4.69) is 10.3 Å². The number of imidazole rings is 1. The number of carbonyl (C=O) groups excluding carboxylic acids is 3. The molecule has 0 radical (unpaired) electrons. The molecule has 0 bridgehead atoms. The quantitative estimate of drug-likeness (QED) is 0.327. The largest absolute Gasteiger partial charge is 0.471 e. The number of nitriles is 1. The summed E-state index contributed by atoms with van der Waals surface area (Å²) in [5.74, 6) is -2.47. The van der Waals surface area contributed by atoms with Gasteiger partial charge in [0.2, 0.25) is 11.9 Å². The molecule has 234 valence electrons. The molecule has 2 unspecified atom stereocenters. The van der Waals surface area contributed by atoms with Gasteiger partial charge in [0, 0.05) is 36.3 Å². The molecule has 4 rings (SSSR count). The number of benzene rings is 2. The zero-order valence-electron chi connectivity index (χ0n) is 24.9. The van der Waals surface area contributed by atoms with E-state index < -0.39 is 29.4 Å². The molecule has 0 aliphatic carbocycles. The number of hydrogen-bond acceptors (Lipinski definition) is 5. The van der Waals surface area contributed by atoms with Crippen LogP contribution >= 0.6 is 11.6 Å². The summed E-state index contributed by atoms with van der Waals surface area (Å²) >= 11 is 5.97. The number of likely N-dealkylation sites (tertiary alicyclic amines) is 1. The van der Waals surface area contributed by atoms with Crippen molar-refractivity contribution in [2.24, 2.45) is 5.41 Å². The number of hydrogen-bond donors (Lipinski definition) is 1. The van der Waals surface area contributed by atoms with E-state index in [1.165, 1.54) is 0 Å². The molecule has 44 heavy (non-hydrogen) atoms. The van der Waals surface area contributed by atoms with Gasteiger partial charge in [-0.1, -0.05) is 38.4 Å². The summed E-state index contributed by atoms with van der Waals surface area (Å²) in [4.78, 5) is 45.3. The average molecular weight is 631 g/mol. The van der Waals surface area contributed by atoms with Gasteiger partial charge >= 0.3 is 12.1 Å². The second kappa shape index (κ2) is 12.9. The van der Waals surface area contributed by atoms with E-state index >= 15 is 0 Å². The van der Waals surface area contributed by atoms with E-state index in [0.717, 1.165) is 4.90 Å². The normalized spacial score (nSPS) is 16.3. The lowest BCUT2D eigenvalue weighted by Gasteiger charge is -2.38. The summed E-state index contributed by atoms with van der Waals surface area (Å²) in [5, 5.41) is 12.3. The van der Waals surface area contributed by atoms with Gasteiger partial charge in [-0.3, -0.25) is 19.7 Å². The Kier molecular flexibility index (Phi) is 9.59. The zero-order chi connectivity index (χ0) is 32.4. The van der Waals surface area contributed by atoms with Gasteiger partial charge in [0.25, 0.3) is 5.91 Å².